The van der Waals surface area contributed by atoms with Crippen LogP contribution in [0, 0.1) is 11.3 Å². The van der Waals surface area contributed by atoms with Crippen molar-refractivity contribution in [2.45, 2.75) is 25.1 Å². The van der Waals surface area contributed by atoms with E-state index in [0.717, 1.165) is 10.8 Å². The largest absolute Gasteiger partial charge is 0.487 e. The fourth-order valence-electron chi connectivity index (χ4n) is 3.49. The lowest BCUT2D eigenvalue weighted by Gasteiger charge is -2.32. The van der Waals surface area contributed by atoms with Gasteiger partial charge in [-0.15, -0.1) is 0 Å². The Hall–Kier alpha value is -2.86. The lowest BCUT2D eigenvalue weighted by Crippen LogP contribution is -2.42. The third-order valence-electron chi connectivity index (χ3n) is 4.69. The Bertz CT molecular complexity index is 1020. The number of nitrogens with zero attached hydrogens (tertiary/aromatic N) is 4. The molecule has 140 valence electrons. The van der Waals surface area contributed by atoms with Crippen LogP contribution in [0.2, 0.25) is 0 Å². The number of nitrogens with one attached hydrogen (secondary N) is 1. The van der Waals surface area contributed by atoms with Crippen LogP contribution in [0.1, 0.15) is 18.5 Å². The molecule has 4 heterocycles. The zero-order valence-corrected chi connectivity index (χ0v) is 14.3. The van der Waals surface area contributed by atoms with Crippen molar-refractivity contribution in [3.63, 3.8) is 0 Å². The maximum atomic E-state index is 12.5. The van der Waals surface area contributed by atoms with E-state index in [9.17, 15) is 18.4 Å². The van der Waals surface area contributed by atoms with Crippen molar-refractivity contribution in [1.29, 1.82) is 5.26 Å². The minimum atomic E-state index is -4.20. The minimum absolute atomic E-state index is 0.157. The van der Waals surface area contributed by atoms with Crippen LogP contribution in [0.25, 0.3) is 21.9 Å². The van der Waals surface area contributed by atoms with Crippen LogP contribution in [0.4, 0.5) is 13.2 Å². The summed E-state index contributed by atoms with van der Waals surface area (Å²) in [4.78, 5) is 12.9. The molecule has 0 aliphatic carbocycles. The zero-order valence-electron chi connectivity index (χ0n) is 14.3. The van der Waals surface area contributed by atoms with Crippen molar-refractivity contribution >= 4 is 21.9 Å². The number of hydrogen-bond acceptors (Lipinski definition) is 5. The Morgan fingerprint density at radius 2 is 2.07 bits per heavy atom. The second-order valence-electron chi connectivity index (χ2n) is 6.57. The number of rotatable bonds is 3. The first kappa shape index (κ1) is 17.5. The highest BCUT2D eigenvalue weighted by molar-refractivity contribution is 6.09. The molecule has 1 saturated heterocycles. The number of aromatic amines is 1. The Labute approximate surface area is 152 Å². The van der Waals surface area contributed by atoms with Crippen molar-refractivity contribution < 1.29 is 17.9 Å². The zero-order chi connectivity index (χ0) is 19.0. The highest BCUT2D eigenvalue weighted by Gasteiger charge is 2.33. The highest BCUT2D eigenvalue weighted by Crippen LogP contribution is 2.35. The average molecular weight is 375 g/mol. The molecule has 0 saturated carbocycles. The summed E-state index contributed by atoms with van der Waals surface area (Å²) >= 11 is 0. The molecule has 0 radical (unpaired) electrons. The van der Waals surface area contributed by atoms with Gasteiger partial charge < -0.3 is 9.72 Å². The molecule has 0 bridgehead atoms. The fourth-order valence-corrected chi connectivity index (χ4v) is 3.49. The van der Waals surface area contributed by atoms with E-state index < -0.39 is 12.7 Å². The summed E-state index contributed by atoms with van der Waals surface area (Å²) in [6.07, 6.45) is -0.332. The summed E-state index contributed by atoms with van der Waals surface area (Å²) in [6, 6.07) is 5.71. The summed E-state index contributed by atoms with van der Waals surface area (Å²) in [7, 11) is 0. The molecule has 1 N–H and O–H groups in total. The van der Waals surface area contributed by atoms with Gasteiger partial charge in [0.05, 0.1) is 23.6 Å². The number of aromatic nitrogens is 3. The van der Waals surface area contributed by atoms with Crippen LogP contribution in [0.3, 0.4) is 0 Å². The molecule has 1 aliphatic rings. The molecule has 4 rings (SSSR count). The number of piperidine rings is 1. The molecule has 27 heavy (non-hydrogen) atoms. The molecule has 1 aliphatic heterocycles. The van der Waals surface area contributed by atoms with Gasteiger partial charge in [-0.05, 0) is 25.0 Å². The summed E-state index contributed by atoms with van der Waals surface area (Å²) in [5, 5.41) is 11.0. The van der Waals surface area contributed by atoms with E-state index >= 15 is 0 Å². The third kappa shape index (κ3) is 3.53. The first-order chi connectivity index (χ1) is 12.9. The first-order valence-corrected chi connectivity index (χ1v) is 8.56. The van der Waals surface area contributed by atoms with Gasteiger partial charge in [0.2, 0.25) is 0 Å². The Balaban J connectivity index is 1.62. The number of hydrogen-bond donors (Lipinski definition) is 1. The summed E-state index contributed by atoms with van der Waals surface area (Å²) in [5.74, 6) is 0.364. The molecule has 0 atom stereocenters. The van der Waals surface area contributed by atoms with Crippen molar-refractivity contribution in [3.05, 3.63) is 30.2 Å². The van der Waals surface area contributed by atoms with Crippen molar-refractivity contribution in [2.75, 3.05) is 19.6 Å². The van der Waals surface area contributed by atoms with Crippen LogP contribution >= 0.6 is 0 Å². The number of alkyl halides is 3. The topological polar surface area (TPSA) is 77.8 Å². The smallest absolute Gasteiger partial charge is 0.401 e. The number of fused-ring (bicyclic) bond motifs is 3. The van der Waals surface area contributed by atoms with Gasteiger partial charge in [0.15, 0.2) is 11.4 Å². The van der Waals surface area contributed by atoms with E-state index in [1.807, 2.05) is 12.1 Å². The standard InChI is InChI=1S/C18H16F3N5O/c19-18(20,21)10-26-6-3-11(4-7-26)27-16-13(8-22)24-9-14-15(16)12-2-1-5-23-17(12)25-14/h1-2,5,9,11H,3-4,6-7,10H2,(H,23,25). The second-order valence-corrected chi connectivity index (χ2v) is 6.57. The second kappa shape index (κ2) is 6.70. The lowest BCUT2D eigenvalue weighted by atomic mass is 10.1. The fraction of sp³-hybridized carbons (Fsp3) is 0.389. The molecule has 1 fully saturated rings. The van der Waals surface area contributed by atoms with Gasteiger partial charge in [-0.3, -0.25) is 4.90 Å². The van der Waals surface area contributed by atoms with E-state index in [1.54, 1.807) is 18.5 Å². The van der Waals surface area contributed by atoms with Gasteiger partial charge >= 0.3 is 6.18 Å². The average Bonchev–Trinajstić information content (AvgIpc) is 3.01. The molecule has 0 unspecified atom stereocenters. The van der Waals surface area contributed by atoms with E-state index in [1.165, 1.54) is 4.90 Å². The minimum Gasteiger partial charge on any atom is -0.487 e. The quantitative estimate of drug-likeness (QED) is 0.759. The van der Waals surface area contributed by atoms with Gasteiger partial charge in [0.25, 0.3) is 0 Å². The molecule has 0 amide bonds. The Morgan fingerprint density at radius 3 is 2.78 bits per heavy atom. The summed E-state index contributed by atoms with van der Waals surface area (Å²) < 4.78 is 43.7. The number of H-pyrrole nitrogens is 1. The third-order valence-corrected chi connectivity index (χ3v) is 4.69. The highest BCUT2D eigenvalue weighted by atomic mass is 19.4. The summed E-state index contributed by atoms with van der Waals surface area (Å²) in [6.45, 7) is -0.315. The van der Waals surface area contributed by atoms with E-state index in [2.05, 4.69) is 15.0 Å². The Kier molecular flexibility index (Phi) is 4.36. The number of halogens is 3. The molecule has 3 aromatic rings. The number of ether oxygens (including phenoxy) is 1. The first-order valence-electron chi connectivity index (χ1n) is 8.56. The number of nitriles is 1. The maximum absolute atomic E-state index is 12.5. The number of likely N-dealkylation sites (tertiary alicyclic amines) is 1. The van der Waals surface area contributed by atoms with Crippen LogP contribution in [0.5, 0.6) is 5.75 Å². The molecule has 0 spiro atoms. The van der Waals surface area contributed by atoms with Crippen molar-refractivity contribution in [2.24, 2.45) is 0 Å². The van der Waals surface area contributed by atoms with Gasteiger partial charge in [0, 0.05) is 24.7 Å². The number of pyridine rings is 2. The monoisotopic (exact) mass is 375 g/mol. The predicted octanol–water partition coefficient (Wildman–Crippen LogP) is 3.39. The molecule has 9 heteroatoms. The predicted molar refractivity (Wildman–Crippen MR) is 92.3 cm³/mol. The SMILES string of the molecule is N#Cc1ncc2[nH]c3ncccc3c2c1OC1CCN(CC(F)(F)F)CC1. The van der Waals surface area contributed by atoms with Gasteiger partial charge in [-0.25, -0.2) is 9.97 Å². The molecular weight excluding hydrogens is 359 g/mol. The normalized spacial score (nSPS) is 16.7. The van der Waals surface area contributed by atoms with E-state index in [4.69, 9.17) is 4.74 Å². The molecule has 3 aromatic heterocycles. The summed E-state index contributed by atoms with van der Waals surface area (Å²) in [5.41, 5.74) is 1.52. The maximum Gasteiger partial charge on any atom is 0.401 e. The van der Waals surface area contributed by atoms with Gasteiger partial charge in [0.1, 0.15) is 17.8 Å². The molecule has 6 nitrogen and oxygen atoms in total. The van der Waals surface area contributed by atoms with Crippen molar-refractivity contribution in [1.82, 2.24) is 19.9 Å². The van der Waals surface area contributed by atoms with Gasteiger partial charge in [-0.1, -0.05) is 0 Å². The van der Waals surface area contributed by atoms with E-state index in [0.29, 0.717) is 42.8 Å². The van der Waals surface area contributed by atoms with E-state index in [-0.39, 0.29) is 11.8 Å². The molecular formula is C18H16F3N5O. The molecule has 0 aromatic carbocycles. The van der Waals surface area contributed by atoms with Crippen LogP contribution < -0.4 is 4.74 Å². The Morgan fingerprint density at radius 1 is 1.30 bits per heavy atom. The van der Waals surface area contributed by atoms with Crippen LogP contribution in [-0.2, 0) is 0 Å². The lowest BCUT2D eigenvalue weighted by molar-refractivity contribution is -0.149. The van der Waals surface area contributed by atoms with Crippen molar-refractivity contribution in [3.8, 4) is 11.8 Å². The van der Waals surface area contributed by atoms with Crippen LogP contribution in [-0.4, -0.2) is 51.8 Å². The van der Waals surface area contributed by atoms with Crippen LogP contribution in [0.15, 0.2) is 24.5 Å². The van der Waals surface area contributed by atoms with Gasteiger partial charge in [-0.2, -0.15) is 18.4 Å².